The molecule has 0 radical (unpaired) electrons. The first-order valence-electron chi connectivity index (χ1n) is 11.6. The number of likely N-dealkylation sites (tertiary alicyclic amines) is 1. The van der Waals surface area contributed by atoms with Crippen molar-refractivity contribution in [1.82, 2.24) is 24.8 Å². The van der Waals surface area contributed by atoms with Crippen LogP contribution in [0.3, 0.4) is 0 Å². The van der Waals surface area contributed by atoms with Crippen LogP contribution in [-0.4, -0.2) is 56.4 Å². The molecule has 1 aliphatic heterocycles. The first-order valence-corrected chi connectivity index (χ1v) is 11.6. The molecule has 4 rings (SSSR count). The van der Waals surface area contributed by atoms with Gasteiger partial charge in [0, 0.05) is 26.0 Å². The second-order valence-electron chi connectivity index (χ2n) is 8.94. The van der Waals surface area contributed by atoms with E-state index in [9.17, 15) is 22.4 Å². The average Bonchev–Trinajstić information content (AvgIpc) is 3.25. The van der Waals surface area contributed by atoms with Crippen molar-refractivity contribution in [2.24, 2.45) is 5.92 Å². The van der Waals surface area contributed by atoms with E-state index in [0.29, 0.717) is 25.6 Å². The lowest BCUT2D eigenvalue weighted by Gasteiger charge is -2.37. The van der Waals surface area contributed by atoms with Gasteiger partial charge in [0.1, 0.15) is 11.6 Å². The SMILES string of the molecule is CCC(C1CC(C)CN1C(=O)c1cccc(F)c1-c1ncccn1)N(C)c1cnc(C(F)(F)F)cn1. The Morgan fingerprint density at radius 2 is 1.86 bits per heavy atom. The first kappa shape index (κ1) is 25.5. The summed E-state index contributed by atoms with van der Waals surface area (Å²) in [4.78, 5) is 33.0. The van der Waals surface area contributed by atoms with Crippen LogP contribution in [0, 0.1) is 11.7 Å². The molecule has 11 heteroatoms. The standard InChI is InChI=1S/C25H26F4N6O/c1-4-18(34(3)21-13-32-20(12-33-21)25(27,28)29)19-11-15(2)14-35(19)24(36)16-7-5-8-17(26)22(16)23-30-9-6-10-31-23/h5-10,12-13,15,18-19H,4,11,14H2,1-3H3. The van der Waals surface area contributed by atoms with E-state index in [2.05, 4.69) is 19.9 Å². The molecule has 0 aliphatic carbocycles. The Bertz CT molecular complexity index is 1210. The number of likely N-dealkylation sites (N-methyl/N-ethyl adjacent to an activating group) is 1. The summed E-state index contributed by atoms with van der Waals surface area (Å²) in [6.07, 6.45) is 1.45. The third-order valence-electron chi connectivity index (χ3n) is 6.50. The van der Waals surface area contributed by atoms with Crippen LogP contribution in [0.5, 0.6) is 0 Å². The van der Waals surface area contributed by atoms with E-state index in [0.717, 1.165) is 6.20 Å². The van der Waals surface area contributed by atoms with E-state index in [1.165, 1.54) is 24.5 Å². The average molecular weight is 503 g/mol. The second-order valence-corrected chi connectivity index (χ2v) is 8.94. The highest BCUT2D eigenvalue weighted by Gasteiger charge is 2.41. The summed E-state index contributed by atoms with van der Waals surface area (Å²) in [5.74, 6) is -0.389. The van der Waals surface area contributed by atoms with Gasteiger partial charge in [0.2, 0.25) is 0 Å². The Morgan fingerprint density at radius 3 is 2.47 bits per heavy atom. The number of benzene rings is 1. The van der Waals surface area contributed by atoms with Gasteiger partial charge < -0.3 is 9.80 Å². The quantitative estimate of drug-likeness (QED) is 0.449. The number of alkyl halides is 3. The largest absolute Gasteiger partial charge is 0.434 e. The number of aromatic nitrogens is 4. The molecule has 1 fully saturated rings. The number of hydrogen-bond donors (Lipinski definition) is 0. The van der Waals surface area contributed by atoms with Crippen molar-refractivity contribution in [1.29, 1.82) is 0 Å². The third-order valence-corrected chi connectivity index (χ3v) is 6.50. The fourth-order valence-corrected chi connectivity index (χ4v) is 4.82. The molecule has 36 heavy (non-hydrogen) atoms. The van der Waals surface area contributed by atoms with Crippen LogP contribution in [0.25, 0.3) is 11.4 Å². The van der Waals surface area contributed by atoms with Crippen molar-refractivity contribution >= 4 is 11.7 Å². The van der Waals surface area contributed by atoms with E-state index in [1.54, 1.807) is 29.0 Å². The molecule has 0 bridgehead atoms. The molecule has 3 heterocycles. The molecule has 7 nitrogen and oxygen atoms in total. The second kappa shape index (κ2) is 10.2. The molecule has 3 atom stereocenters. The van der Waals surface area contributed by atoms with Gasteiger partial charge in [0.25, 0.3) is 5.91 Å². The highest BCUT2D eigenvalue weighted by Crippen LogP contribution is 2.34. The molecule has 1 saturated heterocycles. The van der Waals surface area contributed by atoms with Gasteiger partial charge in [-0.3, -0.25) is 4.79 Å². The van der Waals surface area contributed by atoms with Crippen LogP contribution in [0.2, 0.25) is 0 Å². The Morgan fingerprint density at radius 1 is 1.14 bits per heavy atom. The highest BCUT2D eigenvalue weighted by atomic mass is 19.4. The lowest BCUT2D eigenvalue weighted by atomic mass is 9.97. The maximum atomic E-state index is 14.9. The van der Waals surface area contributed by atoms with Crippen LogP contribution in [0.15, 0.2) is 49.1 Å². The smallest absolute Gasteiger partial charge is 0.353 e. The molecule has 1 amide bonds. The van der Waals surface area contributed by atoms with Gasteiger partial charge in [-0.2, -0.15) is 13.2 Å². The number of carbonyl (C=O) groups excluding carboxylic acids is 1. The predicted octanol–water partition coefficient (Wildman–Crippen LogP) is 4.86. The van der Waals surface area contributed by atoms with Crippen molar-refractivity contribution in [2.75, 3.05) is 18.5 Å². The zero-order chi connectivity index (χ0) is 26.0. The van der Waals surface area contributed by atoms with Crippen molar-refractivity contribution < 1.29 is 22.4 Å². The van der Waals surface area contributed by atoms with Gasteiger partial charge in [-0.15, -0.1) is 0 Å². The molecule has 3 unspecified atom stereocenters. The van der Waals surface area contributed by atoms with Crippen molar-refractivity contribution in [2.45, 2.75) is 44.9 Å². The Labute approximate surface area is 206 Å². The van der Waals surface area contributed by atoms with Crippen LogP contribution in [0.4, 0.5) is 23.4 Å². The minimum atomic E-state index is -4.58. The molecule has 190 valence electrons. The number of rotatable bonds is 6. The molecule has 3 aromatic rings. The molecule has 1 aliphatic rings. The number of anilines is 1. The highest BCUT2D eigenvalue weighted by molar-refractivity contribution is 6.00. The van der Waals surface area contributed by atoms with Crippen molar-refractivity contribution in [3.8, 4) is 11.4 Å². The van der Waals surface area contributed by atoms with Crippen molar-refractivity contribution in [3.63, 3.8) is 0 Å². The summed E-state index contributed by atoms with van der Waals surface area (Å²) in [7, 11) is 1.72. The van der Waals surface area contributed by atoms with Crippen LogP contribution < -0.4 is 4.90 Å². The molecule has 0 N–H and O–H groups in total. The monoisotopic (exact) mass is 502 g/mol. The number of carbonyl (C=O) groups is 1. The van der Waals surface area contributed by atoms with Gasteiger partial charge in [0.15, 0.2) is 11.5 Å². The van der Waals surface area contributed by atoms with Gasteiger partial charge >= 0.3 is 6.18 Å². The predicted molar refractivity (Wildman–Crippen MR) is 126 cm³/mol. The third kappa shape index (κ3) is 5.00. The number of halogens is 4. The molecular weight excluding hydrogens is 476 g/mol. The fourth-order valence-electron chi connectivity index (χ4n) is 4.82. The summed E-state index contributed by atoms with van der Waals surface area (Å²) in [5.41, 5.74) is -0.871. The summed E-state index contributed by atoms with van der Waals surface area (Å²) < 4.78 is 53.7. The summed E-state index contributed by atoms with van der Waals surface area (Å²) in [5, 5.41) is 0. The van der Waals surface area contributed by atoms with Crippen LogP contribution in [0.1, 0.15) is 42.7 Å². The number of hydrogen-bond acceptors (Lipinski definition) is 6. The van der Waals surface area contributed by atoms with E-state index in [4.69, 9.17) is 0 Å². The van der Waals surface area contributed by atoms with Crippen LogP contribution in [-0.2, 0) is 6.18 Å². The lowest BCUT2D eigenvalue weighted by Crippen LogP contribution is -2.50. The van der Waals surface area contributed by atoms with Gasteiger partial charge in [-0.05, 0) is 37.0 Å². The Kier molecular flexibility index (Phi) is 7.18. The van der Waals surface area contributed by atoms with Crippen molar-refractivity contribution in [3.05, 3.63) is 66.1 Å². The molecule has 0 spiro atoms. The van der Waals surface area contributed by atoms with E-state index in [-0.39, 0.29) is 46.7 Å². The first-order chi connectivity index (χ1) is 17.1. The summed E-state index contributed by atoms with van der Waals surface area (Å²) >= 11 is 0. The molecule has 2 aromatic heterocycles. The summed E-state index contributed by atoms with van der Waals surface area (Å²) in [6.45, 7) is 4.42. The maximum Gasteiger partial charge on any atom is 0.434 e. The summed E-state index contributed by atoms with van der Waals surface area (Å²) in [6, 6.07) is 5.37. The minimum Gasteiger partial charge on any atom is -0.353 e. The Balaban J connectivity index is 1.66. The molecule has 1 aromatic carbocycles. The van der Waals surface area contributed by atoms with Gasteiger partial charge in [0.05, 0.1) is 35.6 Å². The lowest BCUT2D eigenvalue weighted by molar-refractivity contribution is -0.141. The zero-order valence-electron chi connectivity index (χ0n) is 20.1. The maximum absolute atomic E-state index is 14.9. The van der Waals surface area contributed by atoms with E-state index in [1.807, 2.05) is 13.8 Å². The molecular formula is C25H26F4N6O. The Hall–Kier alpha value is -3.63. The van der Waals surface area contributed by atoms with Gasteiger partial charge in [-0.25, -0.2) is 24.3 Å². The number of amides is 1. The molecule has 0 saturated carbocycles. The van der Waals surface area contributed by atoms with E-state index >= 15 is 0 Å². The van der Waals surface area contributed by atoms with Crippen LogP contribution >= 0.6 is 0 Å². The number of nitrogens with zero attached hydrogens (tertiary/aromatic N) is 6. The zero-order valence-corrected chi connectivity index (χ0v) is 20.1. The minimum absolute atomic E-state index is 0.0383. The van der Waals surface area contributed by atoms with Gasteiger partial charge in [-0.1, -0.05) is 19.9 Å². The normalized spacial score (nSPS) is 18.8. The topological polar surface area (TPSA) is 75.1 Å². The fraction of sp³-hybridized carbons (Fsp3) is 0.400. The van der Waals surface area contributed by atoms with E-state index < -0.39 is 17.7 Å².